The molecule has 1 heterocycles. The molecule has 0 atom stereocenters. The first-order chi connectivity index (χ1) is 9.52. The molecule has 3 rings (SSSR count). The molecule has 1 aromatic heterocycles. The van der Waals surface area contributed by atoms with Gasteiger partial charge in [0.15, 0.2) is 5.76 Å². The first-order valence-corrected chi connectivity index (χ1v) is 6.10. The van der Waals surface area contributed by atoms with Crippen molar-refractivity contribution in [2.45, 2.75) is 0 Å². The second-order valence-corrected chi connectivity index (χ2v) is 4.72. The summed E-state index contributed by atoms with van der Waals surface area (Å²) in [5, 5.41) is 1.16. The van der Waals surface area contributed by atoms with E-state index in [0.29, 0.717) is 22.1 Å². The van der Waals surface area contributed by atoms with Crippen LogP contribution in [0.2, 0.25) is 5.02 Å². The van der Waals surface area contributed by atoms with Gasteiger partial charge in [-0.1, -0.05) is 11.6 Å². The minimum absolute atomic E-state index is 0.00673. The van der Waals surface area contributed by atoms with Crippen LogP contribution in [0.25, 0.3) is 11.0 Å². The Morgan fingerprint density at radius 2 is 1.70 bits per heavy atom. The van der Waals surface area contributed by atoms with E-state index in [2.05, 4.69) is 0 Å². The van der Waals surface area contributed by atoms with Crippen molar-refractivity contribution >= 4 is 28.4 Å². The number of hydrogen-bond donors (Lipinski definition) is 0. The second kappa shape index (κ2) is 4.72. The first-order valence-electron chi connectivity index (χ1n) is 5.73. The van der Waals surface area contributed by atoms with Crippen molar-refractivity contribution in [2.75, 3.05) is 0 Å². The van der Waals surface area contributed by atoms with E-state index < -0.39 is 17.4 Å². The third-order valence-corrected chi connectivity index (χ3v) is 3.06. The lowest BCUT2D eigenvalue weighted by molar-refractivity contribution is 0.101. The Morgan fingerprint density at radius 3 is 2.40 bits per heavy atom. The second-order valence-electron chi connectivity index (χ2n) is 4.28. The van der Waals surface area contributed by atoms with Crippen LogP contribution in [-0.4, -0.2) is 5.78 Å². The number of carbonyl (C=O) groups excluding carboxylic acids is 1. The maximum Gasteiger partial charge on any atom is 0.228 e. The Bertz CT molecular complexity index is 804. The van der Waals surface area contributed by atoms with E-state index in [1.807, 2.05) is 0 Å². The number of ketones is 1. The molecule has 3 aromatic rings. The predicted molar refractivity (Wildman–Crippen MR) is 71.0 cm³/mol. The van der Waals surface area contributed by atoms with E-state index in [1.165, 1.54) is 6.07 Å². The Kier molecular flexibility index (Phi) is 3.03. The lowest BCUT2D eigenvalue weighted by atomic mass is 10.1. The zero-order valence-electron chi connectivity index (χ0n) is 9.99. The van der Waals surface area contributed by atoms with Crippen LogP contribution in [0, 0.1) is 11.6 Å². The Balaban J connectivity index is 2.07. The molecule has 0 aliphatic carbocycles. The highest BCUT2D eigenvalue weighted by atomic mass is 35.5. The van der Waals surface area contributed by atoms with Gasteiger partial charge in [0, 0.05) is 22.0 Å². The molecule has 100 valence electrons. The largest absolute Gasteiger partial charge is 0.453 e. The third-order valence-electron chi connectivity index (χ3n) is 2.83. The van der Waals surface area contributed by atoms with Gasteiger partial charge < -0.3 is 4.42 Å². The number of halogens is 3. The molecule has 2 aromatic carbocycles. The van der Waals surface area contributed by atoms with Gasteiger partial charge in [-0.25, -0.2) is 8.78 Å². The number of hydrogen-bond acceptors (Lipinski definition) is 2. The molecule has 2 nitrogen and oxygen atoms in total. The van der Waals surface area contributed by atoms with Crippen LogP contribution in [0.4, 0.5) is 8.78 Å². The van der Waals surface area contributed by atoms with Crippen molar-refractivity contribution in [3.8, 4) is 0 Å². The SMILES string of the molecule is O=C(c1cc(F)cc(F)c1)c1cc2cc(Cl)ccc2o1. The van der Waals surface area contributed by atoms with Crippen LogP contribution in [0.15, 0.2) is 46.9 Å². The van der Waals surface area contributed by atoms with Crippen molar-refractivity contribution in [1.82, 2.24) is 0 Å². The van der Waals surface area contributed by atoms with E-state index in [0.717, 1.165) is 12.1 Å². The number of fused-ring (bicyclic) bond motifs is 1. The van der Waals surface area contributed by atoms with Gasteiger partial charge in [0.25, 0.3) is 0 Å². The van der Waals surface area contributed by atoms with Gasteiger partial charge in [-0.3, -0.25) is 4.79 Å². The standard InChI is InChI=1S/C15H7ClF2O2/c16-10-1-2-13-8(3-10)6-14(20-13)15(19)9-4-11(17)7-12(18)5-9/h1-7H. The molecule has 0 bridgehead atoms. The number of carbonyl (C=O) groups is 1. The molecular weight excluding hydrogens is 286 g/mol. The highest BCUT2D eigenvalue weighted by Gasteiger charge is 2.16. The fourth-order valence-corrected chi connectivity index (χ4v) is 2.13. The fraction of sp³-hybridized carbons (Fsp3) is 0. The molecule has 5 heteroatoms. The van der Waals surface area contributed by atoms with E-state index >= 15 is 0 Å². The Hall–Kier alpha value is -2.20. The minimum atomic E-state index is -0.812. The van der Waals surface area contributed by atoms with Crippen LogP contribution in [0.3, 0.4) is 0 Å². The summed E-state index contributed by atoms with van der Waals surface area (Å²) in [4.78, 5) is 12.1. The van der Waals surface area contributed by atoms with Crippen molar-refractivity contribution < 1.29 is 18.0 Å². The van der Waals surface area contributed by atoms with E-state index in [9.17, 15) is 13.6 Å². The molecule has 0 unspecified atom stereocenters. The van der Waals surface area contributed by atoms with E-state index in [-0.39, 0.29) is 11.3 Å². The number of rotatable bonds is 2. The van der Waals surface area contributed by atoms with Gasteiger partial charge >= 0.3 is 0 Å². The average Bonchev–Trinajstić information content (AvgIpc) is 2.79. The van der Waals surface area contributed by atoms with Crippen LogP contribution >= 0.6 is 11.6 Å². The number of furan rings is 1. The van der Waals surface area contributed by atoms with Gasteiger partial charge in [0.2, 0.25) is 5.78 Å². The van der Waals surface area contributed by atoms with Gasteiger partial charge in [-0.2, -0.15) is 0 Å². The molecular formula is C15H7ClF2O2. The smallest absolute Gasteiger partial charge is 0.228 e. The van der Waals surface area contributed by atoms with Crippen molar-refractivity contribution in [1.29, 1.82) is 0 Å². The lowest BCUT2D eigenvalue weighted by Crippen LogP contribution is -2.01. The highest BCUT2D eigenvalue weighted by Crippen LogP contribution is 2.25. The molecule has 0 aliphatic rings. The summed E-state index contributed by atoms with van der Waals surface area (Å²) >= 11 is 5.84. The predicted octanol–water partition coefficient (Wildman–Crippen LogP) is 4.60. The minimum Gasteiger partial charge on any atom is -0.453 e. The molecule has 0 saturated carbocycles. The van der Waals surface area contributed by atoms with E-state index in [1.54, 1.807) is 18.2 Å². The summed E-state index contributed by atoms with van der Waals surface area (Å²) in [7, 11) is 0. The zero-order valence-corrected chi connectivity index (χ0v) is 10.7. The molecule has 0 aliphatic heterocycles. The van der Waals surface area contributed by atoms with Crippen molar-refractivity contribution in [2.24, 2.45) is 0 Å². The monoisotopic (exact) mass is 292 g/mol. The topological polar surface area (TPSA) is 30.2 Å². The molecule has 0 spiro atoms. The molecule has 20 heavy (non-hydrogen) atoms. The molecule has 0 radical (unpaired) electrons. The third kappa shape index (κ3) is 2.30. The van der Waals surface area contributed by atoms with Crippen molar-refractivity contribution in [3.63, 3.8) is 0 Å². The quantitative estimate of drug-likeness (QED) is 0.646. The van der Waals surface area contributed by atoms with Gasteiger partial charge in [-0.15, -0.1) is 0 Å². The molecule has 0 N–H and O–H groups in total. The van der Waals surface area contributed by atoms with Gasteiger partial charge in [-0.05, 0) is 36.4 Å². The summed E-state index contributed by atoms with van der Waals surface area (Å²) in [5.74, 6) is -2.21. The van der Waals surface area contributed by atoms with Gasteiger partial charge in [0.1, 0.15) is 17.2 Å². The molecule has 0 fully saturated rings. The van der Waals surface area contributed by atoms with Crippen LogP contribution in [0.1, 0.15) is 16.1 Å². The van der Waals surface area contributed by atoms with Crippen LogP contribution in [-0.2, 0) is 0 Å². The molecule has 0 saturated heterocycles. The normalized spacial score (nSPS) is 10.9. The number of benzene rings is 2. The highest BCUT2D eigenvalue weighted by molar-refractivity contribution is 6.31. The fourth-order valence-electron chi connectivity index (χ4n) is 1.95. The maximum absolute atomic E-state index is 13.1. The molecule has 0 amide bonds. The van der Waals surface area contributed by atoms with Gasteiger partial charge in [0.05, 0.1) is 0 Å². The van der Waals surface area contributed by atoms with Crippen molar-refractivity contribution in [3.05, 3.63) is 70.4 Å². The Labute approximate surface area is 117 Å². The maximum atomic E-state index is 13.1. The summed E-state index contributed by atoms with van der Waals surface area (Å²) in [6.07, 6.45) is 0. The van der Waals surface area contributed by atoms with E-state index in [4.69, 9.17) is 16.0 Å². The Morgan fingerprint density at radius 1 is 1.00 bits per heavy atom. The summed E-state index contributed by atoms with van der Waals surface area (Å²) in [6, 6.07) is 9.02. The lowest BCUT2D eigenvalue weighted by Gasteiger charge is -1.98. The zero-order chi connectivity index (χ0) is 14.3. The summed E-state index contributed by atoms with van der Waals surface area (Å²) in [5.41, 5.74) is 0.377. The van der Waals surface area contributed by atoms with Crippen LogP contribution in [0.5, 0.6) is 0 Å². The summed E-state index contributed by atoms with van der Waals surface area (Å²) in [6.45, 7) is 0. The average molecular weight is 293 g/mol. The first kappa shape index (κ1) is 12.8. The van der Waals surface area contributed by atoms with Crippen LogP contribution < -0.4 is 0 Å². The summed E-state index contributed by atoms with van der Waals surface area (Å²) < 4.78 is 31.6.